The highest BCUT2D eigenvalue weighted by Gasteiger charge is 2.33. The van der Waals surface area contributed by atoms with Crippen LogP contribution in [0.3, 0.4) is 0 Å². The van der Waals surface area contributed by atoms with Gasteiger partial charge in [-0.05, 0) is 13.0 Å². The zero-order valence-electron chi connectivity index (χ0n) is 11.7. The van der Waals surface area contributed by atoms with E-state index in [0.29, 0.717) is 16.3 Å². The van der Waals surface area contributed by atoms with Crippen LogP contribution >= 0.6 is 23.2 Å². The van der Waals surface area contributed by atoms with Crippen molar-refractivity contribution in [3.8, 4) is 12.0 Å². The van der Waals surface area contributed by atoms with E-state index in [9.17, 15) is 0 Å². The number of hydrogen-bond donors (Lipinski definition) is 1. The second-order valence-corrected chi connectivity index (χ2v) is 5.50. The molecule has 2 rings (SSSR count). The van der Waals surface area contributed by atoms with E-state index in [1.54, 1.807) is 25.1 Å². The van der Waals surface area contributed by atoms with Gasteiger partial charge in [0, 0.05) is 5.56 Å². The minimum atomic E-state index is -1.11. The Morgan fingerprint density at radius 1 is 1.10 bits per heavy atom. The maximum Gasteiger partial charge on any atom is 0.322 e. The minimum Gasteiger partial charge on any atom is -0.467 e. The van der Waals surface area contributed by atoms with Gasteiger partial charge in [-0.3, -0.25) is 0 Å². The molecule has 6 nitrogen and oxygen atoms in total. The molecule has 0 radical (unpaired) electrons. The monoisotopic (exact) mass is 328 g/mol. The van der Waals surface area contributed by atoms with Crippen LogP contribution in [0.1, 0.15) is 18.3 Å². The van der Waals surface area contributed by atoms with Gasteiger partial charge in [-0.15, -0.1) is 16.6 Å². The lowest BCUT2D eigenvalue weighted by Gasteiger charge is -2.23. The fourth-order valence-electron chi connectivity index (χ4n) is 1.80. The first-order valence-electron chi connectivity index (χ1n) is 5.98. The van der Waals surface area contributed by atoms with E-state index in [4.69, 9.17) is 38.4 Å². The Bertz CT molecular complexity index is 642. The number of nitrogens with two attached hydrogens (primary N) is 1. The normalized spacial score (nSPS) is 13.6. The maximum atomic E-state index is 6.62. The number of rotatable bonds is 4. The molecule has 0 saturated carbocycles. The van der Waals surface area contributed by atoms with Crippen LogP contribution in [-0.2, 0) is 4.87 Å². The average molecular weight is 329 g/mol. The van der Waals surface area contributed by atoms with Crippen LogP contribution in [-0.4, -0.2) is 29.2 Å². The van der Waals surface area contributed by atoms with Crippen LogP contribution in [0.2, 0.25) is 5.02 Å². The van der Waals surface area contributed by atoms with Gasteiger partial charge in [0.2, 0.25) is 0 Å². The van der Waals surface area contributed by atoms with E-state index in [-0.39, 0.29) is 17.8 Å². The molecule has 0 amide bonds. The van der Waals surface area contributed by atoms with Gasteiger partial charge in [0.05, 0.1) is 24.9 Å². The lowest BCUT2D eigenvalue weighted by Crippen LogP contribution is -2.22. The van der Waals surface area contributed by atoms with Gasteiger partial charge < -0.3 is 15.2 Å². The van der Waals surface area contributed by atoms with Crippen LogP contribution in [0.25, 0.3) is 0 Å². The molecule has 2 aromatic rings. The minimum absolute atomic E-state index is 0.101. The first-order chi connectivity index (χ1) is 9.90. The highest BCUT2D eigenvalue weighted by atomic mass is 35.5. The first kappa shape index (κ1) is 15.6. The summed E-state index contributed by atoms with van der Waals surface area (Å²) in [5.41, 5.74) is 6.96. The van der Waals surface area contributed by atoms with Crippen LogP contribution in [0, 0.1) is 0 Å². The van der Waals surface area contributed by atoms with E-state index >= 15 is 0 Å². The van der Waals surface area contributed by atoms with Crippen molar-refractivity contribution in [2.45, 2.75) is 11.8 Å². The van der Waals surface area contributed by atoms with Gasteiger partial charge >= 0.3 is 12.0 Å². The average Bonchev–Trinajstić information content (AvgIpc) is 2.49. The smallest absolute Gasteiger partial charge is 0.322 e. The number of nitrogens with zero attached hydrogens (tertiary/aromatic N) is 3. The van der Waals surface area contributed by atoms with Gasteiger partial charge in [0.15, 0.2) is 5.82 Å². The third-order valence-corrected chi connectivity index (χ3v) is 3.64. The summed E-state index contributed by atoms with van der Waals surface area (Å²) in [4.78, 5) is 11.1. The largest absolute Gasteiger partial charge is 0.467 e. The third-order valence-electron chi connectivity index (χ3n) is 2.94. The van der Waals surface area contributed by atoms with Crippen molar-refractivity contribution in [2.24, 2.45) is 0 Å². The highest BCUT2D eigenvalue weighted by molar-refractivity contribution is 6.34. The molecule has 0 aliphatic heterocycles. The molecule has 112 valence electrons. The molecule has 1 aromatic heterocycles. The molecule has 0 aliphatic rings. The van der Waals surface area contributed by atoms with Gasteiger partial charge in [-0.2, -0.15) is 9.97 Å². The molecular formula is C13H14Cl2N4O2. The number of aromatic nitrogens is 3. The molecular weight excluding hydrogens is 315 g/mol. The van der Waals surface area contributed by atoms with Gasteiger partial charge in [-0.25, -0.2) is 0 Å². The molecule has 8 heteroatoms. The number of hydrogen-bond acceptors (Lipinski definition) is 6. The summed E-state index contributed by atoms with van der Waals surface area (Å²) in [7, 11) is 2.88. The fraction of sp³-hybridized carbons (Fsp3) is 0.308. The van der Waals surface area contributed by atoms with Crippen LogP contribution in [0.4, 0.5) is 5.69 Å². The highest BCUT2D eigenvalue weighted by Crippen LogP contribution is 2.40. The summed E-state index contributed by atoms with van der Waals surface area (Å²) >= 11 is 12.7. The summed E-state index contributed by atoms with van der Waals surface area (Å²) in [6, 6.07) is 5.40. The third kappa shape index (κ3) is 2.96. The van der Waals surface area contributed by atoms with Crippen molar-refractivity contribution in [3.63, 3.8) is 0 Å². The topological polar surface area (TPSA) is 83.2 Å². The molecule has 1 atom stereocenters. The second kappa shape index (κ2) is 5.91. The molecule has 1 unspecified atom stereocenters. The Labute approximate surface area is 132 Å². The lowest BCUT2D eigenvalue weighted by atomic mass is 9.97. The summed E-state index contributed by atoms with van der Waals surface area (Å²) in [5, 5.41) is 0.410. The van der Waals surface area contributed by atoms with Crippen molar-refractivity contribution in [1.29, 1.82) is 0 Å². The standard InChI is InChI=1S/C13H14Cl2N4O2/c1-13(15,7-5-4-6-8(14)9(7)16)10-17-11(20-2)19-12(18-10)21-3/h4-6H,16H2,1-3H3. The zero-order valence-corrected chi connectivity index (χ0v) is 13.2. The van der Waals surface area contributed by atoms with E-state index < -0.39 is 4.87 Å². The first-order valence-corrected chi connectivity index (χ1v) is 6.73. The van der Waals surface area contributed by atoms with Crippen LogP contribution in [0.5, 0.6) is 12.0 Å². The number of ether oxygens (including phenoxy) is 2. The Morgan fingerprint density at radius 3 is 2.19 bits per heavy atom. The Hall–Kier alpha value is -1.79. The lowest BCUT2D eigenvalue weighted by molar-refractivity contribution is 0.334. The van der Waals surface area contributed by atoms with E-state index in [2.05, 4.69) is 15.0 Å². The van der Waals surface area contributed by atoms with E-state index in [1.165, 1.54) is 14.2 Å². The van der Waals surface area contributed by atoms with Crippen molar-refractivity contribution < 1.29 is 9.47 Å². The van der Waals surface area contributed by atoms with Crippen LogP contribution < -0.4 is 15.2 Å². The summed E-state index contributed by atoms with van der Waals surface area (Å²) < 4.78 is 10.0. The number of anilines is 1. The van der Waals surface area contributed by atoms with Crippen molar-refractivity contribution in [3.05, 3.63) is 34.6 Å². The molecule has 0 spiro atoms. The number of alkyl halides is 1. The van der Waals surface area contributed by atoms with E-state index in [0.717, 1.165) is 0 Å². The summed E-state index contributed by atoms with van der Waals surface area (Å²) in [6.45, 7) is 1.71. The molecule has 2 N–H and O–H groups in total. The molecule has 1 heterocycles. The van der Waals surface area contributed by atoms with Gasteiger partial charge in [0.25, 0.3) is 0 Å². The fourth-order valence-corrected chi connectivity index (χ4v) is 2.22. The summed E-state index contributed by atoms with van der Waals surface area (Å²) in [5.74, 6) is 0.252. The molecule has 0 aliphatic carbocycles. The quantitative estimate of drug-likeness (QED) is 0.686. The van der Waals surface area contributed by atoms with Gasteiger partial charge in [0.1, 0.15) is 4.87 Å². The SMILES string of the molecule is COc1nc(OC)nc(C(C)(Cl)c2cccc(Cl)c2N)n1. The number of benzene rings is 1. The molecule has 1 aromatic carbocycles. The Balaban J connectivity index is 2.60. The number of methoxy groups -OCH3 is 2. The molecule has 0 bridgehead atoms. The number of halogens is 2. The summed E-state index contributed by atoms with van der Waals surface area (Å²) in [6.07, 6.45) is 0. The van der Waals surface area contributed by atoms with Crippen molar-refractivity contribution in [2.75, 3.05) is 20.0 Å². The number of para-hydroxylation sites is 1. The maximum absolute atomic E-state index is 6.62. The molecule has 0 fully saturated rings. The van der Waals surface area contributed by atoms with Crippen molar-refractivity contribution >= 4 is 28.9 Å². The predicted molar refractivity (Wildman–Crippen MR) is 81.1 cm³/mol. The van der Waals surface area contributed by atoms with Crippen molar-refractivity contribution in [1.82, 2.24) is 15.0 Å². The Kier molecular flexibility index (Phi) is 4.39. The zero-order chi connectivity index (χ0) is 15.6. The molecule has 0 saturated heterocycles. The predicted octanol–water partition coefficient (Wildman–Crippen LogP) is 2.63. The molecule has 21 heavy (non-hydrogen) atoms. The van der Waals surface area contributed by atoms with Crippen LogP contribution in [0.15, 0.2) is 18.2 Å². The van der Waals surface area contributed by atoms with E-state index in [1.807, 2.05) is 0 Å². The van der Waals surface area contributed by atoms with Gasteiger partial charge in [-0.1, -0.05) is 23.7 Å². The Morgan fingerprint density at radius 2 is 1.67 bits per heavy atom. The second-order valence-electron chi connectivity index (χ2n) is 4.34. The number of nitrogen functional groups attached to an aromatic ring is 1.